The zero-order chi connectivity index (χ0) is 31.2. The third-order valence-corrected chi connectivity index (χ3v) is 6.10. The van der Waals surface area contributed by atoms with Crippen LogP contribution in [0.3, 0.4) is 0 Å². The second-order valence-electron chi connectivity index (χ2n) is 10.4. The Morgan fingerprint density at radius 3 is 1.93 bits per heavy atom. The summed E-state index contributed by atoms with van der Waals surface area (Å²) in [6, 6.07) is -0.00993. The van der Waals surface area contributed by atoms with Crippen molar-refractivity contribution in [3.63, 3.8) is 0 Å². The zero-order valence-corrected chi connectivity index (χ0v) is 21.7. The predicted molar refractivity (Wildman–Crippen MR) is 120 cm³/mol. The number of rotatable bonds is 1. The lowest BCUT2D eigenvalue weighted by Gasteiger charge is -2.33. The first kappa shape index (κ1) is 32.4. The number of ether oxygens (including phenoxy) is 1. The predicted octanol–water partition coefficient (Wildman–Crippen LogP) is 6.35. The zero-order valence-electron chi connectivity index (χ0n) is 21.7. The maximum absolute atomic E-state index is 14.2. The lowest BCUT2D eigenvalue weighted by molar-refractivity contribution is -0.277. The average molecular weight is 608 g/mol. The van der Waals surface area contributed by atoms with Gasteiger partial charge in [-0.25, -0.2) is 9.78 Å². The minimum absolute atomic E-state index is 0.00993. The van der Waals surface area contributed by atoms with Gasteiger partial charge in [-0.2, -0.15) is 39.5 Å². The maximum atomic E-state index is 14.2. The van der Waals surface area contributed by atoms with E-state index in [9.17, 15) is 54.5 Å². The van der Waals surface area contributed by atoms with Crippen molar-refractivity contribution in [3.8, 4) is 11.6 Å². The van der Waals surface area contributed by atoms with E-state index in [0.717, 1.165) is 0 Å². The van der Waals surface area contributed by atoms with Crippen LogP contribution in [0.1, 0.15) is 76.4 Å². The lowest BCUT2D eigenvalue weighted by Crippen LogP contribution is -2.45. The Morgan fingerprint density at radius 2 is 1.44 bits per heavy atom. The Hall–Kier alpha value is -3.15. The summed E-state index contributed by atoms with van der Waals surface area (Å²) in [6.07, 6.45) is -21.9. The molecule has 0 spiro atoms. The van der Waals surface area contributed by atoms with Crippen LogP contribution in [-0.4, -0.2) is 49.4 Å². The molecule has 2 unspecified atom stereocenters. The fourth-order valence-corrected chi connectivity index (χ4v) is 4.08. The first-order valence-electron chi connectivity index (χ1n) is 12.0. The van der Waals surface area contributed by atoms with Crippen molar-refractivity contribution in [2.75, 3.05) is 5.32 Å². The van der Waals surface area contributed by atoms with E-state index in [1.54, 1.807) is 0 Å². The highest BCUT2D eigenvalue weighted by molar-refractivity contribution is 5.89. The standard InChI is InChI=1S/C23H25F9N4O5/c1-18(2,3)41-17(37)33-12-10-11(21(24,25)26)14-19(38,22(27,28)29)8-6-4-5-7-9-20(39,23(30,31)32)16-36-35-15(40-16)13(12)34-14/h10,38-39H,4-9H2,1-3H3,(H,33,37). The summed E-state index contributed by atoms with van der Waals surface area (Å²) in [6.45, 7) is 4.14. The van der Waals surface area contributed by atoms with Crippen molar-refractivity contribution in [3.05, 3.63) is 23.2 Å². The molecular weight excluding hydrogens is 583 g/mol. The number of hydrogen-bond donors (Lipinski definition) is 3. The minimum atomic E-state index is -5.70. The van der Waals surface area contributed by atoms with Crippen LogP contribution in [0.25, 0.3) is 11.6 Å². The number of carbonyl (C=O) groups is 1. The summed E-state index contributed by atoms with van der Waals surface area (Å²) in [5.41, 5.74) is -15.4. The fourth-order valence-electron chi connectivity index (χ4n) is 4.08. The first-order chi connectivity index (χ1) is 18.5. The smallest absolute Gasteiger partial charge is 0.426 e. The van der Waals surface area contributed by atoms with Crippen LogP contribution in [0.2, 0.25) is 0 Å². The molecule has 3 rings (SSSR count). The molecule has 3 N–H and O–H groups in total. The number of alkyl halides is 9. The van der Waals surface area contributed by atoms with Crippen LogP contribution >= 0.6 is 0 Å². The van der Waals surface area contributed by atoms with E-state index in [2.05, 4.69) is 15.2 Å². The van der Waals surface area contributed by atoms with Gasteiger partial charge in [0, 0.05) is 0 Å². The highest BCUT2D eigenvalue weighted by Gasteiger charge is 2.60. The van der Waals surface area contributed by atoms with Crippen molar-refractivity contribution in [2.24, 2.45) is 0 Å². The van der Waals surface area contributed by atoms with Gasteiger partial charge in [-0.05, 0) is 52.5 Å². The fraction of sp³-hybridized carbons (Fsp3) is 0.652. The molecule has 1 amide bonds. The molecule has 0 fully saturated rings. The van der Waals surface area contributed by atoms with Gasteiger partial charge in [-0.1, -0.05) is 12.8 Å². The van der Waals surface area contributed by atoms with Crippen molar-refractivity contribution in [1.29, 1.82) is 0 Å². The number of hydrogen-bond acceptors (Lipinski definition) is 8. The largest absolute Gasteiger partial charge is 0.444 e. The number of carbonyl (C=O) groups excluding carboxylic acids is 1. The second kappa shape index (κ2) is 10.6. The van der Waals surface area contributed by atoms with Gasteiger partial charge in [0.25, 0.3) is 11.8 Å². The number of nitrogens with zero attached hydrogens (tertiary/aromatic N) is 3. The molecule has 2 aromatic heterocycles. The molecule has 9 nitrogen and oxygen atoms in total. The average Bonchev–Trinajstić information content (AvgIpc) is 3.27. The van der Waals surface area contributed by atoms with Crippen molar-refractivity contribution >= 4 is 11.8 Å². The number of nitrogens with one attached hydrogen (secondary N) is 1. The summed E-state index contributed by atoms with van der Waals surface area (Å²) < 4.78 is 136. The van der Waals surface area contributed by atoms with Crippen LogP contribution in [0.5, 0.6) is 0 Å². The third kappa shape index (κ3) is 6.68. The second-order valence-corrected chi connectivity index (χ2v) is 10.4. The Kier molecular flexibility index (Phi) is 8.37. The van der Waals surface area contributed by atoms with E-state index in [-0.39, 0.29) is 18.9 Å². The molecule has 0 saturated heterocycles. The van der Waals surface area contributed by atoms with Crippen LogP contribution in [0, 0.1) is 0 Å². The Labute approximate surface area is 226 Å². The van der Waals surface area contributed by atoms with E-state index in [1.165, 1.54) is 20.8 Å². The summed E-state index contributed by atoms with van der Waals surface area (Å²) in [4.78, 5) is 15.7. The molecule has 1 aliphatic heterocycles. The minimum Gasteiger partial charge on any atom is -0.444 e. The van der Waals surface area contributed by atoms with E-state index >= 15 is 0 Å². The van der Waals surface area contributed by atoms with Gasteiger partial charge in [0.2, 0.25) is 11.2 Å². The van der Waals surface area contributed by atoms with Crippen molar-refractivity contribution in [2.45, 2.75) is 94.6 Å². The summed E-state index contributed by atoms with van der Waals surface area (Å²) >= 11 is 0. The Morgan fingerprint density at radius 1 is 0.902 bits per heavy atom. The van der Waals surface area contributed by atoms with E-state index in [4.69, 9.17) is 9.15 Å². The maximum Gasteiger partial charge on any atom is 0.426 e. The number of fused-ring (bicyclic) bond motifs is 5. The number of halogens is 9. The van der Waals surface area contributed by atoms with Gasteiger partial charge in [0.15, 0.2) is 5.69 Å². The van der Waals surface area contributed by atoms with Gasteiger partial charge >= 0.3 is 24.6 Å². The lowest BCUT2D eigenvalue weighted by atomic mass is 9.87. The van der Waals surface area contributed by atoms with Crippen LogP contribution in [0.4, 0.5) is 50.0 Å². The normalized spacial score (nSPS) is 23.1. The third-order valence-electron chi connectivity index (χ3n) is 6.10. The van der Waals surface area contributed by atoms with Gasteiger partial charge in [0.1, 0.15) is 5.60 Å². The van der Waals surface area contributed by atoms with Crippen molar-refractivity contribution < 1.29 is 63.7 Å². The Balaban J connectivity index is 2.39. The monoisotopic (exact) mass is 608 g/mol. The molecule has 3 heterocycles. The van der Waals surface area contributed by atoms with Crippen LogP contribution in [-0.2, 0) is 22.1 Å². The number of aromatic nitrogens is 3. The summed E-state index contributed by atoms with van der Waals surface area (Å²) in [5, 5.41) is 29.4. The molecule has 18 heteroatoms. The summed E-state index contributed by atoms with van der Waals surface area (Å²) in [7, 11) is 0. The number of amides is 1. The van der Waals surface area contributed by atoms with Gasteiger partial charge in [0.05, 0.1) is 16.9 Å². The molecule has 41 heavy (non-hydrogen) atoms. The highest BCUT2D eigenvalue weighted by Crippen LogP contribution is 2.49. The molecule has 4 bridgehead atoms. The summed E-state index contributed by atoms with van der Waals surface area (Å²) in [5.74, 6) is -2.65. The topological polar surface area (TPSA) is 131 Å². The van der Waals surface area contributed by atoms with Crippen LogP contribution in [0.15, 0.2) is 10.5 Å². The molecule has 2 aromatic rings. The number of anilines is 1. The van der Waals surface area contributed by atoms with Gasteiger partial charge in [-0.3, -0.25) is 5.32 Å². The van der Waals surface area contributed by atoms with E-state index in [0.29, 0.717) is 0 Å². The number of pyridine rings is 1. The van der Waals surface area contributed by atoms with Crippen molar-refractivity contribution in [1.82, 2.24) is 15.2 Å². The molecule has 1 aliphatic rings. The molecule has 2 atom stereocenters. The van der Waals surface area contributed by atoms with Gasteiger partial charge < -0.3 is 19.4 Å². The SMILES string of the molecule is CC(C)(C)OC(=O)Nc1cc(C(F)(F)F)c2nc1-c1nnc(o1)C(O)(C(F)(F)F)CCCCCCC2(O)C(F)(F)F. The van der Waals surface area contributed by atoms with E-state index in [1.807, 2.05) is 5.32 Å². The number of aliphatic hydroxyl groups is 2. The van der Waals surface area contributed by atoms with Crippen LogP contribution < -0.4 is 5.32 Å². The highest BCUT2D eigenvalue weighted by atomic mass is 19.4. The quantitative estimate of drug-likeness (QED) is 0.320. The molecular formula is C23H25F9N4O5. The Bertz CT molecular complexity index is 1270. The molecule has 0 saturated carbocycles. The molecule has 0 radical (unpaired) electrons. The van der Waals surface area contributed by atoms with E-state index < -0.39 is 102 Å². The molecule has 230 valence electrons. The molecule has 0 aromatic carbocycles. The van der Waals surface area contributed by atoms with Gasteiger partial charge in [-0.15, -0.1) is 10.2 Å². The molecule has 0 aliphatic carbocycles. The first-order valence-corrected chi connectivity index (χ1v) is 12.0.